The van der Waals surface area contributed by atoms with Crippen molar-refractivity contribution >= 4 is 10.0 Å². The molecule has 0 radical (unpaired) electrons. The van der Waals surface area contributed by atoms with Crippen molar-refractivity contribution in [3.63, 3.8) is 0 Å². The molecule has 0 bridgehead atoms. The van der Waals surface area contributed by atoms with Crippen LogP contribution in [-0.2, 0) is 10.0 Å². The van der Waals surface area contributed by atoms with Crippen LogP contribution in [0.15, 0.2) is 53.4 Å². The van der Waals surface area contributed by atoms with Gasteiger partial charge in [-0.25, -0.2) is 8.42 Å². The molecule has 122 valence electrons. The van der Waals surface area contributed by atoms with Crippen molar-refractivity contribution in [2.45, 2.75) is 24.2 Å². The van der Waals surface area contributed by atoms with E-state index < -0.39 is 10.0 Å². The zero-order valence-electron chi connectivity index (χ0n) is 13.4. The third kappa shape index (κ3) is 3.26. The van der Waals surface area contributed by atoms with Gasteiger partial charge in [0.1, 0.15) is 5.75 Å². The van der Waals surface area contributed by atoms with Crippen molar-refractivity contribution in [2.24, 2.45) is 0 Å². The first-order valence-electron chi connectivity index (χ1n) is 7.71. The fraction of sp³-hybridized carbons (Fsp3) is 0.333. The van der Waals surface area contributed by atoms with E-state index in [0.29, 0.717) is 23.7 Å². The van der Waals surface area contributed by atoms with Gasteiger partial charge in [-0.1, -0.05) is 35.9 Å². The Bertz CT molecular complexity index is 801. The molecule has 1 atom stereocenters. The van der Waals surface area contributed by atoms with Crippen LogP contribution in [-0.4, -0.2) is 32.9 Å². The molecule has 0 aromatic heterocycles. The predicted molar refractivity (Wildman–Crippen MR) is 90.3 cm³/mol. The minimum absolute atomic E-state index is 0.260. The van der Waals surface area contributed by atoms with E-state index in [9.17, 15) is 8.42 Å². The Morgan fingerprint density at radius 2 is 1.91 bits per heavy atom. The van der Waals surface area contributed by atoms with Crippen molar-refractivity contribution in [3.8, 4) is 5.75 Å². The summed E-state index contributed by atoms with van der Waals surface area (Å²) in [6.45, 7) is 3.14. The summed E-state index contributed by atoms with van der Waals surface area (Å²) in [6, 6.07) is 15.0. The number of hydrogen-bond acceptors (Lipinski definition) is 3. The molecule has 1 heterocycles. The van der Waals surface area contributed by atoms with Crippen molar-refractivity contribution in [2.75, 3.05) is 20.2 Å². The fourth-order valence-corrected chi connectivity index (χ4v) is 4.59. The highest BCUT2D eigenvalue weighted by Crippen LogP contribution is 2.32. The molecular weight excluding hydrogens is 310 g/mol. The molecule has 0 saturated carbocycles. The van der Waals surface area contributed by atoms with Crippen LogP contribution in [0.2, 0.25) is 0 Å². The van der Waals surface area contributed by atoms with Crippen molar-refractivity contribution in [1.82, 2.24) is 4.31 Å². The first kappa shape index (κ1) is 16.0. The zero-order chi connectivity index (χ0) is 16.4. The number of nitrogens with zero attached hydrogens (tertiary/aromatic N) is 1. The number of methoxy groups -OCH3 is 1. The van der Waals surface area contributed by atoms with Gasteiger partial charge in [-0.05, 0) is 37.0 Å². The van der Waals surface area contributed by atoms with Crippen LogP contribution in [0.25, 0.3) is 0 Å². The van der Waals surface area contributed by atoms with Crippen LogP contribution in [0.4, 0.5) is 0 Å². The number of hydrogen-bond donors (Lipinski definition) is 0. The fourth-order valence-electron chi connectivity index (χ4n) is 3.05. The summed E-state index contributed by atoms with van der Waals surface area (Å²) in [5, 5.41) is 0. The maximum atomic E-state index is 12.8. The normalized spacial score (nSPS) is 19.0. The van der Waals surface area contributed by atoms with Crippen LogP contribution in [0.3, 0.4) is 0 Å². The first-order chi connectivity index (χ1) is 11.0. The van der Waals surface area contributed by atoms with E-state index in [4.69, 9.17) is 4.74 Å². The van der Waals surface area contributed by atoms with Crippen molar-refractivity contribution in [1.29, 1.82) is 0 Å². The maximum absolute atomic E-state index is 12.8. The summed E-state index contributed by atoms with van der Waals surface area (Å²) in [4.78, 5) is 0.293. The van der Waals surface area contributed by atoms with E-state index in [2.05, 4.69) is 25.1 Å². The first-order valence-corrected chi connectivity index (χ1v) is 9.15. The van der Waals surface area contributed by atoms with Gasteiger partial charge in [0.05, 0.1) is 12.0 Å². The molecule has 1 unspecified atom stereocenters. The predicted octanol–water partition coefficient (Wildman–Crippen LogP) is 3.18. The molecule has 1 aliphatic heterocycles. The van der Waals surface area contributed by atoms with E-state index in [0.717, 1.165) is 6.42 Å². The summed E-state index contributed by atoms with van der Waals surface area (Å²) in [5.74, 6) is 0.816. The van der Waals surface area contributed by atoms with E-state index in [-0.39, 0.29) is 5.92 Å². The second kappa shape index (κ2) is 6.34. The standard InChI is InChI=1S/C18H21NO3S/c1-14-5-3-6-15(11-14)16-9-10-19(13-16)23(20,21)18-8-4-7-17(12-18)22-2/h3-8,11-12,16H,9-10,13H2,1-2H3. The summed E-state index contributed by atoms with van der Waals surface area (Å²) < 4.78 is 32.3. The molecule has 1 aliphatic rings. The third-order valence-corrected chi connectivity index (χ3v) is 6.20. The lowest BCUT2D eigenvalue weighted by Crippen LogP contribution is -2.28. The Morgan fingerprint density at radius 3 is 2.65 bits per heavy atom. The number of rotatable bonds is 4. The van der Waals surface area contributed by atoms with Gasteiger partial charge >= 0.3 is 0 Å². The Labute approximate surface area is 137 Å². The van der Waals surface area contributed by atoms with Gasteiger partial charge < -0.3 is 4.74 Å². The largest absolute Gasteiger partial charge is 0.497 e. The summed E-state index contributed by atoms with van der Waals surface area (Å²) in [6.07, 6.45) is 0.854. The monoisotopic (exact) mass is 331 g/mol. The number of benzene rings is 2. The smallest absolute Gasteiger partial charge is 0.243 e. The Hall–Kier alpha value is -1.85. The Kier molecular flexibility index (Phi) is 4.41. The molecule has 0 aliphatic carbocycles. The average molecular weight is 331 g/mol. The quantitative estimate of drug-likeness (QED) is 0.864. The minimum atomic E-state index is -3.47. The highest BCUT2D eigenvalue weighted by molar-refractivity contribution is 7.89. The summed E-state index contributed by atoms with van der Waals surface area (Å²) >= 11 is 0. The molecule has 2 aromatic carbocycles. The highest BCUT2D eigenvalue weighted by atomic mass is 32.2. The molecule has 5 heteroatoms. The van der Waals surface area contributed by atoms with Gasteiger partial charge in [-0.2, -0.15) is 4.31 Å². The van der Waals surface area contributed by atoms with Gasteiger partial charge in [-0.15, -0.1) is 0 Å². The average Bonchev–Trinajstić information content (AvgIpc) is 3.06. The summed E-state index contributed by atoms with van der Waals surface area (Å²) in [7, 11) is -1.93. The van der Waals surface area contributed by atoms with Crippen LogP contribution >= 0.6 is 0 Å². The maximum Gasteiger partial charge on any atom is 0.243 e. The molecule has 0 amide bonds. The lowest BCUT2D eigenvalue weighted by Gasteiger charge is -2.17. The summed E-state index contributed by atoms with van der Waals surface area (Å²) in [5.41, 5.74) is 2.42. The molecule has 0 spiro atoms. The van der Waals surface area contributed by atoms with Crippen molar-refractivity contribution < 1.29 is 13.2 Å². The lowest BCUT2D eigenvalue weighted by molar-refractivity contribution is 0.412. The van der Waals surface area contributed by atoms with Crippen LogP contribution in [0, 0.1) is 6.92 Å². The SMILES string of the molecule is COc1cccc(S(=O)(=O)N2CCC(c3cccc(C)c3)C2)c1. The van der Waals surface area contributed by atoms with Gasteiger partial charge in [0.15, 0.2) is 0 Å². The molecule has 3 rings (SSSR count). The highest BCUT2D eigenvalue weighted by Gasteiger charge is 2.33. The molecule has 1 fully saturated rings. The van der Waals surface area contributed by atoms with Gasteiger partial charge in [0.25, 0.3) is 0 Å². The van der Waals surface area contributed by atoms with Crippen LogP contribution in [0.1, 0.15) is 23.5 Å². The van der Waals surface area contributed by atoms with E-state index in [1.165, 1.54) is 18.2 Å². The topological polar surface area (TPSA) is 46.6 Å². The molecular formula is C18H21NO3S. The Morgan fingerprint density at radius 1 is 1.13 bits per heavy atom. The molecule has 0 N–H and O–H groups in total. The second-order valence-electron chi connectivity index (χ2n) is 5.94. The molecule has 1 saturated heterocycles. The Balaban J connectivity index is 1.82. The van der Waals surface area contributed by atoms with E-state index in [1.54, 1.807) is 28.6 Å². The molecule has 23 heavy (non-hydrogen) atoms. The van der Waals surface area contributed by atoms with Gasteiger partial charge in [-0.3, -0.25) is 0 Å². The number of sulfonamides is 1. The zero-order valence-corrected chi connectivity index (χ0v) is 14.2. The lowest BCUT2D eigenvalue weighted by atomic mass is 9.97. The van der Waals surface area contributed by atoms with Crippen molar-refractivity contribution in [3.05, 3.63) is 59.7 Å². The molecule has 4 nitrogen and oxygen atoms in total. The van der Waals surface area contributed by atoms with Gasteiger partial charge in [0, 0.05) is 19.2 Å². The van der Waals surface area contributed by atoms with Crippen LogP contribution in [0.5, 0.6) is 5.75 Å². The van der Waals surface area contributed by atoms with Gasteiger partial charge in [0.2, 0.25) is 10.0 Å². The third-order valence-electron chi connectivity index (χ3n) is 4.34. The van der Waals surface area contributed by atoms with E-state index in [1.807, 2.05) is 6.07 Å². The van der Waals surface area contributed by atoms with E-state index >= 15 is 0 Å². The minimum Gasteiger partial charge on any atom is -0.497 e. The number of aryl methyl sites for hydroxylation is 1. The number of ether oxygens (including phenoxy) is 1. The molecule has 2 aromatic rings. The van der Waals surface area contributed by atoms with Crippen LogP contribution < -0.4 is 4.74 Å². The second-order valence-corrected chi connectivity index (χ2v) is 7.88.